The molecule has 1 aliphatic heterocycles. The molecule has 3 N–H and O–H groups in total. The van der Waals surface area contributed by atoms with Crippen LogP contribution in [0, 0.1) is 23.0 Å². The maximum Gasteiger partial charge on any atom is 0.420 e. The number of rotatable bonds is 6. The van der Waals surface area contributed by atoms with E-state index in [-0.39, 0.29) is 30.2 Å². The third-order valence-corrected chi connectivity index (χ3v) is 7.34. The molecule has 1 aliphatic carbocycles. The highest BCUT2D eigenvalue weighted by molar-refractivity contribution is 7.80. The fourth-order valence-corrected chi connectivity index (χ4v) is 5.55. The second-order valence-corrected chi connectivity index (χ2v) is 9.43. The van der Waals surface area contributed by atoms with Gasteiger partial charge in [0.1, 0.15) is 22.7 Å². The second kappa shape index (κ2) is 9.89. The highest BCUT2D eigenvalue weighted by atomic mass is 32.1. The number of benzene rings is 2. The summed E-state index contributed by atoms with van der Waals surface area (Å²) in [6.07, 6.45) is -4.25. The molecule has 37 heavy (non-hydrogen) atoms. The number of thiocarbonyl (C=S) groups is 1. The molecule has 2 aromatic rings. The molecule has 0 aromatic heterocycles. The number of alkyl halides is 3. The molecular formula is C25H21F5N4O2S. The zero-order chi connectivity index (χ0) is 27.1. The number of nitriles is 1. The molecule has 1 spiro atoms. The van der Waals surface area contributed by atoms with Crippen LogP contribution in [0.2, 0.25) is 0 Å². The molecule has 1 amide bonds. The molecule has 2 aromatic carbocycles. The van der Waals surface area contributed by atoms with E-state index in [2.05, 4.69) is 16.2 Å². The quantitative estimate of drug-likeness (QED) is 0.386. The van der Waals surface area contributed by atoms with E-state index >= 15 is 4.39 Å². The number of aryl methyl sites for hydroxylation is 1. The Bertz CT molecular complexity index is 1330. The number of nitrogens with zero attached hydrogens (tertiary/aromatic N) is 1. The number of hydrogen-bond donors (Lipinski definition) is 3. The highest BCUT2D eigenvalue weighted by Gasteiger charge is 2.62. The molecule has 2 aliphatic rings. The number of ketones is 1. The molecule has 4 rings (SSSR count). The molecular weight excluding hydrogens is 515 g/mol. The van der Waals surface area contributed by atoms with Gasteiger partial charge in [0.05, 0.1) is 17.6 Å². The van der Waals surface area contributed by atoms with E-state index in [1.165, 1.54) is 25.2 Å². The molecule has 3 unspecified atom stereocenters. The summed E-state index contributed by atoms with van der Waals surface area (Å²) < 4.78 is 70.9. The third-order valence-electron chi connectivity index (χ3n) is 6.87. The van der Waals surface area contributed by atoms with Gasteiger partial charge in [0.15, 0.2) is 5.78 Å². The number of amides is 1. The van der Waals surface area contributed by atoms with Gasteiger partial charge in [0.25, 0.3) is 0 Å². The fraction of sp³-hybridized carbons (Fsp3) is 0.360. The summed E-state index contributed by atoms with van der Waals surface area (Å²) in [5, 5.41) is 11.5. The number of carbonyl (C=O) groups excluding carboxylic acids is 2. The SMILES string of the molecule is CNC(=O)CCCc1ccc(C2C(=S)C(c3ccc(C#N)c(C(F)(F)F)c3F)C(=O)C23CNN3)cc1F. The number of halogens is 5. The van der Waals surface area contributed by atoms with E-state index in [0.717, 1.165) is 12.1 Å². The predicted octanol–water partition coefficient (Wildman–Crippen LogP) is 3.59. The minimum Gasteiger partial charge on any atom is -0.359 e. The van der Waals surface area contributed by atoms with Crippen molar-refractivity contribution in [3.63, 3.8) is 0 Å². The van der Waals surface area contributed by atoms with Crippen LogP contribution in [0.3, 0.4) is 0 Å². The first-order valence-corrected chi connectivity index (χ1v) is 11.7. The fourth-order valence-electron chi connectivity index (χ4n) is 4.98. The Labute approximate surface area is 214 Å². The molecule has 0 radical (unpaired) electrons. The summed E-state index contributed by atoms with van der Waals surface area (Å²) in [6.45, 7) is 0.0483. The van der Waals surface area contributed by atoms with Gasteiger partial charge < -0.3 is 5.32 Å². The monoisotopic (exact) mass is 536 g/mol. The first kappa shape index (κ1) is 26.8. The standard InChI is InChI=1S/C25H21F5N4O2S/c1-32-17(35)4-2-3-12-5-6-13(9-16(12)26)20-22(37)18(23(36)24(20)11-33-34-24)15-8-7-14(10-31)19(21(15)27)25(28,29)30/h5-9,18,20,33-34H,2-4,11H2,1H3,(H,32,35). The maximum atomic E-state index is 15.2. The van der Waals surface area contributed by atoms with E-state index in [1.54, 1.807) is 6.07 Å². The summed E-state index contributed by atoms with van der Waals surface area (Å²) in [4.78, 5) is 24.9. The largest absolute Gasteiger partial charge is 0.420 e. The Balaban J connectivity index is 1.71. The van der Waals surface area contributed by atoms with Gasteiger partial charge in [-0.2, -0.15) is 18.4 Å². The summed E-state index contributed by atoms with van der Waals surface area (Å²) in [6, 6.07) is 7.41. The summed E-state index contributed by atoms with van der Waals surface area (Å²) in [5.41, 5.74) is 1.52. The van der Waals surface area contributed by atoms with Crippen molar-refractivity contribution in [2.24, 2.45) is 0 Å². The van der Waals surface area contributed by atoms with Crippen molar-refractivity contribution in [1.29, 1.82) is 5.26 Å². The Morgan fingerprint density at radius 3 is 2.51 bits per heavy atom. The number of nitrogens with one attached hydrogen (secondary N) is 3. The molecule has 194 valence electrons. The highest BCUT2D eigenvalue weighted by Crippen LogP contribution is 2.49. The van der Waals surface area contributed by atoms with Gasteiger partial charge in [-0.05, 0) is 36.1 Å². The molecule has 3 atom stereocenters. The topological polar surface area (TPSA) is 94.0 Å². The van der Waals surface area contributed by atoms with Crippen molar-refractivity contribution in [3.05, 3.63) is 69.8 Å². The van der Waals surface area contributed by atoms with Crippen LogP contribution in [0.5, 0.6) is 0 Å². The van der Waals surface area contributed by atoms with E-state index in [4.69, 9.17) is 17.5 Å². The second-order valence-electron chi connectivity index (χ2n) is 8.96. The predicted molar refractivity (Wildman–Crippen MR) is 126 cm³/mol. The molecule has 1 saturated carbocycles. The average molecular weight is 537 g/mol. The molecule has 2 fully saturated rings. The van der Waals surface area contributed by atoms with Gasteiger partial charge in [-0.3, -0.25) is 15.0 Å². The normalized spacial score (nSPS) is 23.2. The molecule has 12 heteroatoms. The molecule has 1 heterocycles. The van der Waals surface area contributed by atoms with Crippen LogP contribution in [-0.4, -0.2) is 35.7 Å². The van der Waals surface area contributed by atoms with Gasteiger partial charge in [0, 0.05) is 36.4 Å². The minimum absolute atomic E-state index is 0.0483. The lowest BCUT2D eigenvalue weighted by atomic mass is 9.79. The number of hydrazine groups is 1. The average Bonchev–Trinajstić information content (AvgIpc) is 3.05. The van der Waals surface area contributed by atoms with Crippen molar-refractivity contribution in [2.75, 3.05) is 13.6 Å². The molecule has 6 nitrogen and oxygen atoms in total. The number of hydrogen-bond acceptors (Lipinski definition) is 6. The summed E-state index contributed by atoms with van der Waals surface area (Å²) >= 11 is 5.53. The van der Waals surface area contributed by atoms with Crippen molar-refractivity contribution in [1.82, 2.24) is 16.2 Å². The van der Waals surface area contributed by atoms with Gasteiger partial charge in [-0.1, -0.05) is 30.4 Å². The lowest BCUT2D eigenvalue weighted by molar-refractivity contribution is -0.140. The van der Waals surface area contributed by atoms with E-state index in [0.29, 0.717) is 17.5 Å². The van der Waals surface area contributed by atoms with Crippen molar-refractivity contribution in [2.45, 2.75) is 42.8 Å². The summed E-state index contributed by atoms with van der Waals surface area (Å²) in [7, 11) is 1.50. The molecule has 1 saturated heterocycles. The first-order chi connectivity index (χ1) is 17.5. The minimum atomic E-state index is -5.17. The summed E-state index contributed by atoms with van der Waals surface area (Å²) in [5.74, 6) is -5.58. The number of carbonyl (C=O) groups is 2. The van der Waals surface area contributed by atoms with Crippen LogP contribution in [0.15, 0.2) is 30.3 Å². The third kappa shape index (κ3) is 4.52. The zero-order valence-corrected chi connectivity index (χ0v) is 20.2. The molecule has 0 bridgehead atoms. The van der Waals surface area contributed by atoms with Crippen molar-refractivity contribution in [3.8, 4) is 6.07 Å². The van der Waals surface area contributed by atoms with Gasteiger partial charge in [-0.25, -0.2) is 14.2 Å². The van der Waals surface area contributed by atoms with Crippen LogP contribution in [0.25, 0.3) is 0 Å². The Morgan fingerprint density at radius 1 is 1.27 bits per heavy atom. The van der Waals surface area contributed by atoms with Gasteiger partial charge in [-0.15, -0.1) is 0 Å². The van der Waals surface area contributed by atoms with Gasteiger partial charge >= 0.3 is 6.18 Å². The first-order valence-electron chi connectivity index (χ1n) is 11.3. The Kier molecular flexibility index (Phi) is 7.16. The maximum absolute atomic E-state index is 15.2. The van der Waals surface area contributed by atoms with Gasteiger partial charge in [0.2, 0.25) is 5.91 Å². The van der Waals surface area contributed by atoms with E-state index in [9.17, 15) is 27.2 Å². The van der Waals surface area contributed by atoms with E-state index < -0.39 is 57.7 Å². The smallest absolute Gasteiger partial charge is 0.359 e. The lowest BCUT2D eigenvalue weighted by Crippen LogP contribution is -2.74. The van der Waals surface area contributed by atoms with Crippen molar-refractivity contribution < 1.29 is 31.5 Å². The van der Waals surface area contributed by atoms with Crippen LogP contribution in [0.1, 0.15) is 52.5 Å². The van der Waals surface area contributed by atoms with E-state index in [1.807, 2.05) is 0 Å². The lowest BCUT2D eigenvalue weighted by Gasteiger charge is -2.43. The van der Waals surface area contributed by atoms with Crippen molar-refractivity contribution >= 4 is 28.8 Å². The number of Topliss-reactive ketones (excluding diaryl/α,β-unsaturated/α-hetero) is 1. The Morgan fingerprint density at radius 2 is 1.97 bits per heavy atom. The van der Waals surface area contributed by atoms with Crippen LogP contribution < -0.4 is 16.2 Å². The zero-order valence-electron chi connectivity index (χ0n) is 19.4. The van der Waals surface area contributed by atoms with Crippen LogP contribution in [0.4, 0.5) is 22.0 Å². The van der Waals surface area contributed by atoms with Crippen LogP contribution >= 0.6 is 12.2 Å². The Hall–Kier alpha value is -3.27. The van der Waals surface area contributed by atoms with Crippen LogP contribution in [-0.2, 0) is 22.2 Å².